The molecule has 1 rings (SSSR count). The number of amides is 1. The number of hydrogen-bond donors (Lipinski definition) is 1. The third-order valence-corrected chi connectivity index (χ3v) is 2.71. The van der Waals surface area contributed by atoms with Gasteiger partial charge in [-0.2, -0.15) is 0 Å². The van der Waals surface area contributed by atoms with E-state index in [1.54, 1.807) is 6.92 Å². The molecule has 1 fully saturated rings. The van der Waals surface area contributed by atoms with Crippen molar-refractivity contribution in [3.8, 4) is 0 Å². The van der Waals surface area contributed by atoms with Gasteiger partial charge in [0.15, 0.2) is 0 Å². The monoisotopic (exact) mass is 243 g/mol. The van der Waals surface area contributed by atoms with E-state index in [0.717, 1.165) is 0 Å². The predicted molar refractivity (Wildman–Crippen MR) is 58.6 cm³/mol. The number of carbonyl (C=O) groups is 3. The number of esters is 1. The van der Waals surface area contributed by atoms with Gasteiger partial charge in [0.05, 0.1) is 6.61 Å². The fraction of sp³-hybridized carbons (Fsp3) is 0.727. The van der Waals surface area contributed by atoms with E-state index in [9.17, 15) is 14.4 Å². The lowest BCUT2D eigenvalue weighted by atomic mass is 9.93. The SMILES string of the molecule is CCOC(=O)CC(=O)CCC1CN(C(=O)O)C1. The Kier molecular flexibility index (Phi) is 4.93. The highest BCUT2D eigenvalue weighted by atomic mass is 16.5. The van der Waals surface area contributed by atoms with Crippen molar-refractivity contribution >= 4 is 17.8 Å². The molecule has 1 saturated heterocycles. The van der Waals surface area contributed by atoms with E-state index in [1.807, 2.05) is 0 Å². The Hall–Kier alpha value is -1.59. The lowest BCUT2D eigenvalue weighted by molar-refractivity contribution is -0.145. The molecule has 6 nitrogen and oxygen atoms in total. The summed E-state index contributed by atoms with van der Waals surface area (Å²) in [6.45, 7) is 2.95. The third kappa shape index (κ3) is 4.42. The molecule has 0 aromatic carbocycles. The van der Waals surface area contributed by atoms with Gasteiger partial charge < -0.3 is 14.7 Å². The van der Waals surface area contributed by atoms with Gasteiger partial charge in [-0.15, -0.1) is 0 Å². The van der Waals surface area contributed by atoms with Gasteiger partial charge in [0.1, 0.15) is 12.2 Å². The fourth-order valence-electron chi connectivity index (χ4n) is 1.74. The smallest absolute Gasteiger partial charge is 0.407 e. The second-order valence-corrected chi connectivity index (χ2v) is 4.11. The second-order valence-electron chi connectivity index (χ2n) is 4.11. The lowest BCUT2D eigenvalue weighted by Crippen LogP contribution is -2.49. The van der Waals surface area contributed by atoms with E-state index in [-0.39, 0.29) is 24.7 Å². The summed E-state index contributed by atoms with van der Waals surface area (Å²) in [5, 5.41) is 8.60. The number of rotatable bonds is 6. The van der Waals surface area contributed by atoms with Crippen molar-refractivity contribution in [3.63, 3.8) is 0 Å². The van der Waals surface area contributed by atoms with E-state index < -0.39 is 12.1 Å². The van der Waals surface area contributed by atoms with Crippen LogP contribution in [0.4, 0.5) is 4.79 Å². The van der Waals surface area contributed by atoms with Crippen molar-refractivity contribution in [2.75, 3.05) is 19.7 Å². The van der Waals surface area contributed by atoms with Crippen molar-refractivity contribution in [1.82, 2.24) is 4.90 Å². The van der Waals surface area contributed by atoms with Crippen LogP contribution in [0.15, 0.2) is 0 Å². The quantitative estimate of drug-likeness (QED) is 0.553. The Balaban J connectivity index is 2.09. The molecule has 1 aliphatic rings. The minimum atomic E-state index is -0.917. The zero-order chi connectivity index (χ0) is 12.8. The summed E-state index contributed by atoms with van der Waals surface area (Å²) in [6.07, 6.45) is -0.138. The Labute approximate surface area is 99.5 Å². The maximum atomic E-state index is 11.4. The van der Waals surface area contributed by atoms with Crippen LogP contribution in [0, 0.1) is 5.92 Å². The molecule has 0 spiro atoms. The van der Waals surface area contributed by atoms with Gasteiger partial charge in [-0.1, -0.05) is 0 Å². The predicted octanol–water partition coefficient (Wildman–Crippen LogP) is 0.899. The number of likely N-dealkylation sites (tertiary alicyclic amines) is 1. The van der Waals surface area contributed by atoms with Crippen LogP contribution in [0.1, 0.15) is 26.2 Å². The summed E-state index contributed by atoms with van der Waals surface area (Å²) in [4.78, 5) is 34.1. The molecule has 17 heavy (non-hydrogen) atoms. The van der Waals surface area contributed by atoms with Crippen molar-refractivity contribution in [1.29, 1.82) is 0 Å². The third-order valence-electron chi connectivity index (χ3n) is 2.71. The van der Waals surface area contributed by atoms with Crippen molar-refractivity contribution in [3.05, 3.63) is 0 Å². The van der Waals surface area contributed by atoms with Gasteiger partial charge in [0.25, 0.3) is 0 Å². The Morgan fingerprint density at radius 2 is 2.00 bits per heavy atom. The Morgan fingerprint density at radius 1 is 1.35 bits per heavy atom. The number of hydrogen-bond acceptors (Lipinski definition) is 4. The first kappa shape index (κ1) is 13.5. The Morgan fingerprint density at radius 3 is 2.53 bits per heavy atom. The normalized spacial score (nSPS) is 15.2. The maximum Gasteiger partial charge on any atom is 0.407 e. The number of Topliss-reactive ketones (excluding diaryl/α,β-unsaturated/α-hetero) is 1. The molecule has 0 aromatic rings. The largest absolute Gasteiger partial charge is 0.466 e. The topological polar surface area (TPSA) is 83.9 Å². The minimum Gasteiger partial charge on any atom is -0.466 e. The summed E-state index contributed by atoms with van der Waals surface area (Å²) in [5.74, 6) is -0.382. The number of ketones is 1. The van der Waals surface area contributed by atoms with Gasteiger partial charge in [-0.05, 0) is 19.3 Å². The Bertz CT molecular complexity index is 309. The van der Waals surface area contributed by atoms with Gasteiger partial charge >= 0.3 is 12.1 Å². The van der Waals surface area contributed by atoms with E-state index in [1.165, 1.54) is 4.90 Å². The van der Waals surface area contributed by atoms with Gasteiger partial charge in [-0.25, -0.2) is 4.79 Å². The zero-order valence-corrected chi connectivity index (χ0v) is 9.85. The molecule has 0 saturated carbocycles. The molecule has 0 bridgehead atoms. The summed E-state index contributed by atoms with van der Waals surface area (Å²) in [6, 6.07) is 0. The molecular weight excluding hydrogens is 226 g/mol. The summed E-state index contributed by atoms with van der Waals surface area (Å²) < 4.78 is 4.66. The molecule has 1 N–H and O–H groups in total. The highest BCUT2D eigenvalue weighted by molar-refractivity contribution is 5.95. The fourth-order valence-corrected chi connectivity index (χ4v) is 1.74. The minimum absolute atomic E-state index is 0.141. The first-order chi connectivity index (χ1) is 8.02. The van der Waals surface area contributed by atoms with Crippen LogP contribution in [-0.4, -0.2) is 47.5 Å². The molecule has 0 aliphatic carbocycles. The number of ether oxygens (including phenoxy) is 1. The summed E-state index contributed by atoms with van der Waals surface area (Å²) >= 11 is 0. The first-order valence-electron chi connectivity index (χ1n) is 5.68. The molecule has 0 atom stereocenters. The van der Waals surface area contributed by atoms with Crippen LogP contribution in [0.25, 0.3) is 0 Å². The second kappa shape index (κ2) is 6.22. The van der Waals surface area contributed by atoms with Crippen LogP contribution < -0.4 is 0 Å². The molecule has 6 heteroatoms. The van der Waals surface area contributed by atoms with Gasteiger partial charge in [0, 0.05) is 19.5 Å². The number of nitrogens with zero attached hydrogens (tertiary/aromatic N) is 1. The van der Waals surface area contributed by atoms with Crippen LogP contribution in [0.3, 0.4) is 0 Å². The molecule has 1 aliphatic heterocycles. The van der Waals surface area contributed by atoms with Crippen LogP contribution >= 0.6 is 0 Å². The summed E-state index contributed by atoms with van der Waals surface area (Å²) in [7, 11) is 0. The average Bonchev–Trinajstić information content (AvgIpc) is 2.14. The van der Waals surface area contributed by atoms with Crippen molar-refractivity contribution in [2.45, 2.75) is 26.2 Å². The van der Waals surface area contributed by atoms with Crippen molar-refractivity contribution in [2.24, 2.45) is 5.92 Å². The zero-order valence-electron chi connectivity index (χ0n) is 9.85. The highest BCUT2D eigenvalue weighted by Gasteiger charge is 2.30. The molecule has 0 radical (unpaired) electrons. The van der Waals surface area contributed by atoms with Crippen molar-refractivity contribution < 1.29 is 24.2 Å². The molecule has 0 aromatic heterocycles. The van der Waals surface area contributed by atoms with Crippen LogP contribution in [0.2, 0.25) is 0 Å². The van der Waals surface area contributed by atoms with Gasteiger partial charge in [-0.3, -0.25) is 9.59 Å². The van der Waals surface area contributed by atoms with E-state index >= 15 is 0 Å². The van der Waals surface area contributed by atoms with E-state index in [4.69, 9.17) is 5.11 Å². The lowest BCUT2D eigenvalue weighted by Gasteiger charge is -2.36. The molecule has 96 valence electrons. The van der Waals surface area contributed by atoms with Crippen LogP contribution in [0.5, 0.6) is 0 Å². The first-order valence-corrected chi connectivity index (χ1v) is 5.68. The average molecular weight is 243 g/mol. The van der Waals surface area contributed by atoms with E-state index in [0.29, 0.717) is 25.9 Å². The molecular formula is C11H17NO5. The summed E-state index contributed by atoms with van der Waals surface area (Å²) in [5.41, 5.74) is 0. The number of carbonyl (C=O) groups excluding carboxylic acids is 2. The van der Waals surface area contributed by atoms with Gasteiger partial charge in [0.2, 0.25) is 0 Å². The van der Waals surface area contributed by atoms with E-state index in [2.05, 4.69) is 4.74 Å². The number of carboxylic acid groups (broad SMARTS) is 1. The maximum absolute atomic E-state index is 11.4. The standard InChI is InChI=1S/C11H17NO5/c1-2-17-10(14)5-9(13)4-3-8-6-12(7-8)11(15)16/h8H,2-7H2,1H3,(H,15,16). The van der Waals surface area contributed by atoms with Crippen LogP contribution in [-0.2, 0) is 14.3 Å². The highest BCUT2D eigenvalue weighted by Crippen LogP contribution is 2.20. The molecule has 1 heterocycles. The molecule has 1 amide bonds. The molecule has 0 unspecified atom stereocenters.